The fourth-order valence-corrected chi connectivity index (χ4v) is 5.13. The highest BCUT2D eigenvalue weighted by molar-refractivity contribution is 7.19. The smallest absolute Gasteiger partial charge is 0.141 e. The molecule has 2 aromatic rings. The van der Waals surface area contributed by atoms with E-state index in [9.17, 15) is 5.11 Å². The van der Waals surface area contributed by atoms with Crippen molar-refractivity contribution in [3.05, 3.63) is 16.3 Å². The summed E-state index contributed by atoms with van der Waals surface area (Å²) in [7, 11) is 0. The number of thiophene rings is 1. The first-order valence-corrected chi connectivity index (χ1v) is 9.37. The van der Waals surface area contributed by atoms with Gasteiger partial charge in [-0.2, -0.15) is 0 Å². The molecule has 1 N–H and O–H groups in total. The van der Waals surface area contributed by atoms with E-state index in [1.807, 2.05) is 25.2 Å². The van der Waals surface area contributed by atoms with Crippen LogP contribution in [0.3, 0.4) is 0 Å². The van der Waals surface area contributed by atoms with Crippen LogP contribution in [-0.4, -0.2) is 58.8 Å². The highest BCUT2D eigenvalue weighted by Crippen LogP contribution is 2.40. The number of aliphatic hydroxyl groups excluding tert-OH is 1. The second kappa shape index (κ2) is 6.00. The summed E-state index contributed by atoms with van der Waals surface area (Å²) in [5, 5.41) is 10.9. The zero-order valence-corrected chi connectivity index (χ0v) is 14.7. The second-order valence-corrected chi connectivity index (χ2v) is 7.85. The van der Waals surface area contributed by atoms with E-state index < -0.39 is 0 Å². The predicted octanol–water partition coefficient (Wildman–Crippen LogP) is 1.99. The molecular weight excluding hydrogens is 308 g/mol. The molecule has 2 aromatic heterocycles. The third-order valence-electron chi connectivity index (χ3n) is 4.85. The Morgan fingerprint density at radius 3 is 2.70 bits per heavy atom. The van der Waals surface area contributed by atoms with Crippen molar-refractivity contribution in [2.45, 2.75) is 39.2 Å². The van der Waals surface area contributed by atoms with Gasteiger partial charge in [0, 0.05) is 37.6 Å². The first kappa shape index (κ1) is 15.3. The Labute approximate surface area is 141 Å². The zero-order valence-electron chi connectivity index (χ0n) is 13.9. The third kappa shape index (κ3) is 2.84. The average molecular weight is 332 g/mol. The Bertz CT molecular complexity index is 719. The van der Waals surface area contributed by atoms with E-state index in [-0.39, 0.29) is 6.10 Å². The van der Waals surface area contributed by atoms with Gasteiger partial charge in [-0.3, -0.25) is 4.90 Å². The molecule has 1 saturated heterocycles. The van der Waals surface area contributed by atoms with Crippen molar-refractivity contribution in [2.75, 3.05) is 37.6 Å². The molecule has 0 amide bonds. The first-order chi connectivity index (χ1) is 11.1. The van der Waals surface area contributed by atoms with Gasteiger partial charge in [-0.15, -0.1) is 11.3 Å². The molecule has 5 nitrogen and oxygen atoms in total. The van der Waals surface area contributed by atoms with Gasteiger partial charge in [-0.05, 0) is 38.7 Å². The second-order valence-electron chi connectivity index (χ2n) is 6.77. The van der Waals surface area contributed by atoms with Gasteiger partial charge < -0.3 is 10.0 Å². The summed E-state index contributed by atoms with van der Waals surface area (Å²) in [5.74, 6) is 2.02. The van der Waals surface area contributed by atoms with Crippen LogP contribution in [0.1, 0.15) is 29.6 Å². The van der Waals surface area contributed by atoms with E-state index in [1.54, 1.807) is 0 Å². The van der Waals surface area contributed by atoms with Crippen molar-refractivity contribution in [1.29, 1.82) is 0 Å². The van der Waals surface area contributed by atoms with E-state index in [4.69, 9.17) is 4.98 Å². The number of anilines is 1. The maximum atomic E-state index is 9.57. The highest BCUT2D eigenvalue weighted by Gasteiger charge is 2.26. The average Bonchev–Trinajstić information content (AvgIpc) is 3.06. The van der Waals surface area contributed by atoms with Gasteiger partial charge in [0.25, 0.3) is 0 Å². The SMILES string of the molecule is Cc1nc(N2CCN(C[C@H](C)O)CC2)c2c3c(sc2n1)CCC3. The fourth-order valence-electron chi connectivity index (χ4n) is 3.83. The van der Waals surface area contributed by atoms with Crippen LogP contribution < -0.4 is 4.90 Å². The number of aromatic nitrogens is 2. The number of hydrogen-bond donors (Lipinski definition) is 1. The molecular formula is C17H24N4OS. The van der Waals surface area contributed by atoms with Crippen molar-refractivity contribution in [3.63, 3.8) is 0 Å². The van der Waals surface area contributed by atoms with E-state index in [0.29, 0.717) is 0 Å². The molecule has 124 valence electrons. The molecule has 3 heterocycles. The number of hydrogen-bond acceptors (Lipinski definition) is 6. The van der Waals surface area contributed by atoms with Crippen LogP contribution in [0.25, 0.3) is 10.2 Å². The lowest BCUT2D eigenvalue weighted by molar-refractivity contribution is 0.122. The van der Waals surface area contributed by atoms with E-state index in [2.05, 4.69) is 14.8 Å². The molecule has 1 aliphatic carbocycles. The molecule has 0 bridgehead atoms. The number of piperazine rings is 1. The van der Waals surface area contributed by atoms with E-state index >= 15 is 0 Å². The molecule has 1 atom stereocenters. The van der Waals surface area contributed by atoms with Crippen molar-refractivity contribution >= 4 is 27.4 Å². The Morgan fingerprint density at radius 2 is 1.96 bits per heavy atom. The number of aryl methyl sites for hydroxylation is 3. The molecule has 4 rings (SSSR count). The minimum absolute atomic E-state index is 0.255. The molecule has 1 aliphatic heterocycles. The third-order valence-corrected chi connectivity index (χ3v) is 6.04. The van der Waals surface area contributed by atoms with Gasteiger partial charge in [-0.25, -0.2) is 9.97 Å². The molecule has 0 unspecified atom stereocenters. The van der Waals surface area contributed by atoms with Gasteiger partial charge in [0.2, 0.25) is 0 Å². The molecule has 0 aromatic carbocycles. The summed E-state index contributed by atoms with van der Waals surface area (Å²) >= 11 is 1.87. The molecule has 0 radical (unpaired) electrons. The van der Waals surface area contributed by atoms with Gasteiger partial charge in [0.05, 0.1) is 11.5 Å². The zero-order chi connectivity index (χ0) is 16.0. The Morgan fingerprint density at radius 1 is 1.17 bits per heavy atom. The molecule has 1 fully saturated rings. The summed E-state index contributed by atoms with van der Waals surface area (Å²) in [6, 6.07) is 0. The maximum Gasteiger partial charge on any atom is 0.141 e. The Balaban J connectivity index is 1.64. The van der Waals surface area contributed by atoms with Crippen LogP contribution in [0.2, 0.25) is 0 Å². The normalized spacial score (nSPS) is 20.2. The number of nitrogens with zero attached hydrogens (tertiary/aromatic N) is 4. The maximum absolute atomic E-state index is 9.57. The standard InChI is InChI=1S/C17H24N4OS/c1-11(22)10-20-6-8-21(9-7-20)16-15-13-4-3-5-14(13)23-17(15)19-12(2)18-16/h11,22H,3-10H2,1-2H3/t11-/m0/s1. The molecule has 0 spiro atoms. The number of aliphatic hydroxyl groups is 1. The molecule has 2 aliphatic rings. The summed E-state index contributed by atoms with van der Waals surface area (Å²) in [6.45, 7) is 8.55. The van der Waals surface area contributed by atoms with Crippen LogP contribution in [-0.2, 0) is 12.8 Å². The number of β-amino-alcohol motifs (C(OH)–C–C–N with tert-alkyl or cyclic N) is 1. The van der Waals surface area contributed by atoms with Crippen molar-refractivity contribution < 1.29 is 5.11 Å². The molecule has 6 heteroatoms. The van der Waals surface area contributed by atoms with Gasteiger partial charge in [0.15, 0.2) is 0 Å². The minimum atomic E-state index is -0.255. The van der Waals surface area contributed by atoms with Crippen LogP contribution >= 0.6 is 11.3 Å². The largest absolute Gasteiger partial charge is 0.392 e. The summed E-state index contributed by atoms with van der Waals surface area (Å²) in [6.07, 6.45) is 3.40. The molecule has 23 heavy (non-hydrogen) atoms. The first-order valence-electron chi connectivity index (χ1n) is 8.56. The van der Waals surface area contributed by atoms with Gasteiger partial charge in [-0.1, -0.05) is 0 Å². The van der Waals surface area contributed by atoms with Crippen molar-refractivity contribution in [2.24, 2.45) is 0 Å². The lowest BCUT2D eigenvalue weighted by Crippen LogP contribution is -2.48. The number of fused-ring (bicyclic) bond motifs is 3. The minimum Gasteiger partial charge on any atom is -0.392 e. The van der Waals surface area contributed by atoms with E-state index in [0.717, 1.165) is 44.4 Å². The van der Waals surface area contributed by atoms with Crippen molar-refractivity contribution in [1.82, 2.24) is 14.9 Å². The fraction of sp³-hybridized carbons (Fsp3) is 0.647. The Kier molecular flexibility index (Phi) is 3.99. The summed E-state index contributed by atoms with van der Waals surface area (Å²) in [5.41, 5.74) is 1.51. The van der Waals surface area contributed by atoms with Crippen LogP contribution in [0.4, 0.5) is 5.82 Å². The quantitative estimate of drug-likeness (QED) is 0.932. The van der Waals surface area contributed by atoms with Crippen LogP contribution in [0, 0.1) is 6.92 Å². The van der Waals surface area contributed by atoms with E-state index in [1.165, 1.54) is 39.9 Å². The topological polar surface area (TPSA) is 52.5 Å². The predicted molar refractivity (Wildman–Crippen MR) is 94.5 cm³/mol. The van der Waals surface area contributed by atoms with Crippen LogP contribution in [0.15, 0.2) is 0 Å². The van der Waals surface area contributed by atoms with Crippen LogP contribution in [0.5, 0.6) is 0 Å². The van der Waals surface area contributed by atoms with Gasteiger partial charge in [0.1, 0.15) is 16.5 Å². The summed E-state index contributed by atoms with van der Waals surface area (Å²) in [4.78, 5) is 16.9. The van der Waals surface area contributed by atoms with Crippen molar-refractivity contribution in [3.8, 4) is 0 Å². The Hall–Kier alpha value is -1.24. The lowest BCUT2D eigenvalue weighted by atomic mass is 10.1. The lowest BCUT2D eigenvalue weighted by Gasteiger charge is -2.36. The molecule has 0 saturated carbocycles. The summed E-state index contributed by atoms with van der Waals surface area (Å²) < 4.78 is 0. The monoisotopic (exact) mass is 332 g/mol. The number of rotatable bonds is 3. The van der Waals surface area contributed by atoms with Gasteiger partial charge >= 0.3 is 0 Å². The highest BCUT2D eigenvalue weighted by atomic mass is 32.1.